The first-order chi connectivity index (χ1) is 23.8. The molecule has 0 saturated carbocycles. The molecule has 0 aliphatic heterocycles. The van der Waals surface area contributed by atoms with E-state index in [1.165, 1.54) is 109 Å². The molecule has 0 radical (unpaired) electrons. The molecule has 1 aliphatic rings. The fraction of sp³-hybridized carbons (Fsp3) is 0. The van der Waals surface area contributed by atoms with Crippen LogP contribution in [0.2, 0.25) is 0 Å². The van der Waals surface area contributed by atoms with Crippen molar-refractivity contribution in [2.75, 3.05) is 0 Å². The number of fused-ring (bicyclic) bond motifs is 5. The van der Waals surface area contributed by atoms with E-state index in [0.717, 1.165) is 0 Å². The minimum absolute atomic E-state index is 1.25. The van der Waals surface area contributed by atoms with Gasteiger partial charge in [0.15, 0.2) is 0 Å². The standard InChI is InChI=1S/C48H28/c1-4-13-29(14-5-1)37-28-41-45-40(27-35-22-12-21-32-23-24-36(37)46(45)42(32)35)47-43(30-15-6-2-7-16-30)38-25-33-19-10-11-20-34(33)26-39(38)44(48(41)47)31-17-8-3-9-18-31/h1-28H. The zero-order valence-corrected chi connectivity index (χ0v) is 26.2. The van der Waals surface area contributed by atoms with Gasteiger partial charge in [0.2, 0.25) is 0 Å². The molecule has 0 fully saturated rings. The van der Waals surface area contributed by atoms with Crippen LogP contribution >= 0.6 is 0 Å². The topological polar surface area (TPSA) is 0 Å². The molecule has 220 valence electrons. The van der Waals surface area contributed by atoms with Crippen molar-refractivity contribution in [1.82, 2.24) is 0 Å². The number of benzene rings is 10. The Morgan fingerprint density at radius 3 is 1.33 bits per heavy atom. The maximum absolute atomic E-state index is 2.50. The van der Waals surface area contributed by atoms with Crippen molar-refractivity contribution in [3.8, 4) is 55.6 Å². The lowest BCUT2D eigenvalue weighted by atomic mass is 9.81. The van der Waals surface area contributed by atoms with Gasteiger partial charge in [-0.1, -0.05) is 146 Å². The molecule has 0 aromatic heterocycles. The number of rotatable bonds is 3. The third-order valence-electron chi connectivity index (χ3n) is 10.7. The molecule has 0 unspecified atom stereocenters. The van der Waals surface area contributed by atoms with Crippen molar-refractivity contribution < 1.29 is 0 Å². The Kier molecular flexibility index (Phi) is 5.20. The van der Waals surface area contributed by atoms with Gasteiger partial charge in [0.05, 0.1) is 0 Å². The molecule has 1 aliphatic carbocycles. The van der Waals surface area contributed by atoms with Crippen molar-refractivity contribution in [3.05, 3.63) is 170 Å². The average molecular weight is 605 g/mol. The van der Waals surface area contributed by atoms with Crippen LogP contribution < -0.4 is 0 Å². The fourth-order valence-electron chi connectivity index (χ4n) is 8.72. The Bertz CT molecular complexity index is 2900. The first-order valence-electron chi connectivity index (χ1n) is 16.8. The lowest BCUT2D eigenvalue weighted by Crippen LogP contribution is -1.94. The lowest BCUT2D eigenvalue weighted by Gasteiger charge is -2.21. The Hall–Kier alpha value is -6.24. The SMILES string of the molecule is c1ccc(-c2c3c(c(-c4ccccc4)c4cc5ccccc5cc24)-c2cc4cccc5ccc6c(-c7ccccc7)cc-3c2c6c54)cc1. The minimum Gasteiger partial charge on any atom is -0.0622 e. The van der Waals surface area contributed by atoms with Crippen LogP contribution in [0.4, 0.5) is 0 Å². The Balaban J connectivity index is 1.44. The first-order valence-corrected chi connectivity index (χ1v) is 16.8. The van der Waals surface area contributed by atoms with Crippen LogP contribution in [-0.4, -0.2) is 0 Å². The summed E-state index contributed by atoms with van der Waals surface area (Å²) < 4.78 is 0. The second kappa shape index (κ2) is 9.64. The zero-order chi connectivity index (χ0) is 31.3. The monoisotopic (exact) mass is 604 g/mol. The molecule has 10 aromatic rings. The van der Waals surface area contributed by atoms with E-state index >= 15 is 0 Å². The smallest absolute Gasteiger partial charge is 0.000718 e. The predicted molar refractivity (Wildman–Crippen MR) is 206 cm³/mol. The Morgan fingerprint density at radius 2 is 0.729 bits per heavy atom. The van der Waals surface area contributed by atoms with Crippen LogP contribution in [0, 0.1) is 0 Å². The molecular formula is C48H28. The van der Waals surface area contributed by atoms with Crippen molar-refractivity contribution >= 4 is 53.9 Å². The van der Waals surface area contributed by atoms with Gasteiger partial charge in [-0.3, -0.25) is 0 Å². The van der Waals surface area contributed by atoms with Crippen molar-refractivity contribution in [2.24, 2.45) is 0 Å². The van der Waals surface area contributed by atoms with E-state index in [1.54, 1.807) is 0 Å². The van der Waals surface area contributed by atoms with Crippen LogP contribution in [0.25, 0.3) is 109 Å². The third kappa shape index (κ3) is 3.44. The highest BCUT2D eigenvalue weighted by Gasteiger charge is 2.33. The van der Waals surface area contributed by atoms with Gasteiger partial charge < -0.3 is 0 Å². The summed E-state index contributed by atoms with van der Waals surface area (Å²) in [6.45, 7) is 0. The number of hydrogen-bond acceptors (Lipinski definition) is 0. The van der Waals surface area contributed by atoms with Crippen LogP contribution in [0.15, 0.2) is 170 Å². The van der Waals surface area contributed by atoms with E-state index in [2.05, 4.69) is 170 Å². The van der Waals surface area contributed by atoms with Gasteiger partial charge in [-0.2, -0.15) is 0 Å². The summed E-state index contributed by atoms with van der Waals surface area (Å²) in [5.41, 5.74) is 13.0. The van der Waals surface area contributed by atoms with Gasteiger partial charge >= 0.3 is 0 Å². The molecule has 0 heteroatoms. The second-order valence-corrected chi connectivity index (χ2v) is 13.2. The maximum atomic E-state index is 2.50. The molecule has 10 aromatic carbocycles. The molecule has 0 heterocycles. The summed E-state index contributed by atoms with van der Waals surface area (Å²) in [4.78, 5) is 0. The van der Waals surface area contributed by atoms with Crippen LogP contribution in [0.5, 0.6) is 0 Å². The normalized spacial score (nSPS) is 12.2. The van der Waals surface area contributed by atoms with Crippen molar-refractivity contribution in [3.63, 3.8) is 0 Å². The largest absolute Gasteiger partial charge is 0.0622 e. The highest BCUT2D eigenvalue weighted by atomic mass is 14.4. The molecule has 11 rings (SSSR count). The van der Waals surface area contributed by atoms with Crippen LogP contribution in [-0.2, 0) is 0 Å². The van der Waals surface area contributed by atoms with E-state index in [-0.39, 0.29) is 0 Å². The summed E-state index contributed by atoms with van der Waals surface area (Å²) in [6.07, 6.45) is 0. The van der Waals surface area contributed by atoms with Gasteiger partial charge in [-0.25, -0.2) is 0 Å². The van der Waals surface area contributed by atoms with E-state index < -0.39 is 0 Å². The van der Waals surface area contributed by atoms with Gasteiger partial charge in [0.1, 0.15) is 0 Å². The third-order valence-corrected chi connectivity index (χ3v) is 10.7. The molecule has 0 nitrogen and oxygen atoms in total. The molecular weight excluding hydrogens is 577 g/mol. The van der Waals surface area contributed by atoms with Gasteiger partial charge in [-0.15, -0.1) is 0 Å². The molecule has 48 heavy (non-hydrogen) atoms. The van der Waals surface area contributed by atoms with Crippen LogP contribution in [0.3, 0.4) is 0 Å². The number of hydrogen-bond donors (Lipinski definition) is 0. The van der Waals surface area contributed by atoms with Gasteiger partial charge in [0, 0.05) is 0 Å². The Morgan fingerprint density at radius 1 is 0.229 bits per heavy atom. The molecule has 0 bridgehead atoms. The quantitative estimate of drug-likeness (QED) is 0.139. The van der Waals surface area contributed by atoms with Gasteiger partial charge in [-0.05, 0) is 134 Å². The van der Waals surface area contributed by atoms with E-state index in [1.807, 2.05) is 0 Å². The van der Waals surface area contributed by atoms with Crippen molar-refractivity contribution in [1.29, 1.82) is 0 Å². The fourth-order valence-corrected chi connectivity index (χ4v) is 8.72. The van der Waals surface area contributed by atoms with Crippen molar-refractivity contribution in [2.45, 2.75) is 0 Å². The highest BCUT2D eigenvalue weighted by molar-refractivity contribution is 6.37. The minimum atomic E-state index is 1.25. The molecule has 0 amide bonds. The summed E-state index contributed by atoms with van der Waals surface area (Å²) >= 11 is 0. The Labute approximate surface area is 278 Å². The lowest BCUT2D eigenvalue weighted by molar-refractivity contribution is 1.63. The van der Waals surface area contributed by atoms with E-state index in [4.69, 9.17) is 0 Å². The molecule has 0 saturated heterocycles. The molecule has 0 spiro atoms. The van der Waals surface area contributed by atoms with E-state index in [9.17, 15) is 0 Å². The summed E-state index contributed by atoms with van der Waals surface area (Å²) in [6, 6.07) is 63.2. The summed E-state index contributed by atoms with van der Waals surface area (Å²) in [5, 5.41) is 13.1. The molecule has 0 N–H and O–H groups in total. The first kappa shape index (κ1) is 25.9. The van der Waals surface area contributed by atoms with E-state index in [0.29, 0.717) is 0 Å². The molecule has 0 atom stereocenters. The summed E-state index contributed by atoms with van der Waals surface area (Å²) in [7, 11) is 0. The maximum Gasteiger partial charge on any atom is -0.000718 e. The predicted octanol–water partition coefficient (Wildman–Crippen LogP) is 13.5. The summed E-state index contributed by atoms with van der Waals surface area (Å²) in [5.74, 6) is 0. The second-order valence-electron chi connectivity index (χ2n) is 13.2. The highest BCUT2D eigenvalue weighted by Crippen LogP contribution is 2.60. The zero-order valence-electron chi connectivity index (χ0n) is 26.2. The average Bonchev–Trinajstić information content (AvgIpc) is 3.47. The van der Waals surface area contributed by atoms with Crippen LogP contribution in [0.1, 0.15) is 0 Å². The van der Waals surface area contributed by atoms with Gasteiger partial charge in [0.25, 0.3) is 0 Å².